The van der Waals surface area contributed by atoms with Gasteiger partial charge in [-0.25, -0.2) is 13.1 Å². The molecule has 32 heavy (non-hydrogen) atoms. The van der Waals surface area contributed by atoms with Crippen molar-refractivity contribution in [1.29, 1.82) is 0 Å². The molecule has 0 bridgehead atoms. The second-order valence-electron chi connectivity index (χ2n) is 7.93. The van der Waals surface area contributed by atoms with Gasteiger partial charge in [-0.1, -0.05) is 41.9 Å². The number of rotatable bonds is 11. The molecule has 1 heterocycles. The molecule has 2 aromatic carbocycles. The van der Waals surface area contributed by atoms with E-state index in [0.717, 1.165) is 18.5 Å². The molecule has 0 saturated heterocycles. The first-order valence-electron chi connectivity index (χ1n) is 10.3. The first-order valence-corrected chi connectivity index (χ1v) is 12.2. The van der Waals surface area contributed by atoms with Gasteiger partial charge in [-0.3, -0.25) is 4.68 Å². The summed E-state index contributed by atoms with van der Waals surface area (Å²) in [5.41, 5.74) is 2.25. The zero-order valence-corrected chi connectivity index (χ0v) is 20.1. The van der Waals surface area contributed by atoms with Crippen LogP contribution in [-0.4, -0.2) is 56.9 Å². The number of likely N-dealkylation sites (N-methyl/N-ethyl adjacent to an activating group) is 1. The third-order valence-corrected chi connectivity index (χ3v) is 6.73. The van der Waals surface area contributed by atoms with Crippen LogP contribution in [0.1, 0.15) is 17.0 Å². The molecule has 0 aliphatic carbocycles. The van der Waals surface area contributed by atoms with E-state index in [1.54, 1.807) is 13.1 Å². The number of sulfonamides is 1. The molecule has 1 atom stereocenters. The lowest BCUT2D eigenvalue weighted by Crippen LogP contribution is -2.28. The summed E-state index contributed by atoms with van der Waals surface area (Å²) in [7, 11) is 2.14. The molecule has 9 heteroatoms. The van der Waals surface area contributed by atoms with E-state index in [4.69, 9.17) is 16.3 Å². The standard InChI is InChI=1S/C23H29ClN4O3S/c1-27(2)16-19(13-18-7-5-4-6-8-18)22-14-20(9-10-23(22)24)31-12-11-26-32(29,30)21-15-25-28(3)17-21/h4-10,14-15,17,19,26H,11-13,16H2,1-3H3. The summed E-state index contributed by atoms with van der Waals surface area (Å²) in [6.45, 7) is 1.17. The maximum absolute atomic E-state index is 12.3. The minimum absolute atomic E-state index is 0.126. The molecule has 1 N–H and O–H groups in total. The number of hydrogen-bond donors (Lipinski definition) is 1. The predicted molar refractivity (Wildman–Crippen MR) is 127 cm³/mol. The lowest BCUT2D eigenvalue weighted by atomic mass is 9.91. The average Bonchev–Trinajstić information content (AvgIpc) is 3.20. The van der Waals surface area contributed by atoms with Crippen LogP contribution in [0.3, 0.4) is 0 Å². The van der Waals surface area contributed by atoms with Crippen LogP contribution in [0.15, 0.2) is 65.8 Å². The van der Waals surface area contributed by atoms with Gasteiger partial charge >= 0.3 is 0 Å². The second-order valence-corrected chi connectivity index (χ2v) is 10.1. The monoisotopic (exact) mass is 476 g/mol. The molecular weight excluding hydrogens is 448 g/mol. The summed E-state index contributed by atoms with van der Waals surface area (Å²) in [4.78, 5) is 2.27. The van der Waals surface area contributed by atoms with E-state index in [1.165, 1.54) is 22.6 Å². The van der Waals surface area contributed by atoms with Crippen LogP contribution in [-0.2, 0) is 23.5 Å². The van der Waals surface area contributed by atoms with Crippen molar-refractivity contribution in [3.63, 3.8) is 0 Å². The van der Waals surface area contributed by atoms with Crippen LogP contribution < -0.4 is 9.46 Å². The molecule has 3 rings (SSSR count). The van der Waals surface area contributed by atoms with E-state index in [0.29, 0.717) is 10.8 Å². The molecule has 172 valence electrons. The topological polar surface area (TPSA) is 76.5 Å². The fourth-order valence-electron chi connectivity index (χ4n) is 3.50. The smallest absolute Gasteiger partial charge is 0.243 e. The number of benzene rings is 2. The largest absolute Gasteiger partial charge is 0.492 e. The van der Waals surface area contributed by atoms with Crippen LogP contribution in [0.5, 0.6) is 5.75 Å². The SMILES string of the molecule is CN(C)CC(Cc1ccccc1)c1cc(OCCNS(=O)(=O)c2cnn(C)c2)ccc1Cl. The Morgan fingerprint density at radius 3 is 2.59 bits per heavy atom. The molecule has 0 aliphatic rings. The highest BCUT2D eigenvalue weighted by Crippen LogP contribution is 2.31. The maximum atomic E-state index is 12.3. The molecule has 1 aromatic heterocycles. The molecule has 3 aromatic rings. The fourth-order valence-corrected chi connectivity index (χ4v) is 4.77. The van der Waals surface area contributed by atoms with Gasteiger partial charge in [0.2, 0.25) is 10.0 Å². The van der Waals surface area contributed by atoms with E-state index in [-0.39, 0.29) is 24.0 Å². The Kier molecular flexibility index (Phi) is 8.31. The van der Waals surface area contributed by atoms with Gasteiger partial charge < -0.3 is 9.64 Å². The quantitative estimate of drug-likeness (QED) is 0.429. The Balaban J connectivity index is 1.65. The first-order chi connectivity index (χ1) is 15.2. The average molecular weight is 477 g/mol. The Hall–Kier alpha value is -2.39. The van der Waals surface area contributed by atoms with Crippen molar-refractivity contribution < 1.29 is 13.2 Å². The van der Waals surface area contributed by atoms with E-state index >= 15 is 0 Å². The minimum Gasteiger partial charge on any atom is -0.492 e. The third-order valence-electron chi connectivity index (χ3n) is 4.97. The fraction of sp³-hybridized carbons (Fsp3) is 0.348. The van der Waals surface area contributed by atoms with E-state index < -0.39 is 10.0 Å². The highest BCUT2D eigenvalue weighted by atomic mass is 35.5. The zero-order chi connectivity index (χ0) is 23.1. The van der Waals surface area contributed by atoms with Crippen LogP contribution in [0.25, 0.3) is 0 Å². The Labute approximate surface area is 195 Å². The molecule has 1 unspecified atom stereocenters. The molecule has 0 amide bonds. The summed E-state index contributed by atoms with van der Waals surface area (Å²) in [5.74, 6) is 0.842. The van der Waals surface area contributed by atoms with Crippen molar-refractivity contribution >= 4 is 21.6 Å². The van der Waals surface area contributed by atoms with Crippen molar-refractivity contribution in [2.24, 2.45) is 7.05 Å². The molecular formula is C23H29ClN4O3S. The third kappa shape index (κ3) is 6.80. The highest BCUT2D eigenvalue weighted by molar-refractivity contribution is 7.89. The molecule has 0 aliphatic heterocycles. The predicted octanol–water partition coefficient (Wildman–Crippen LogP) is 3.32. The first kappa shape index (κ1) is 24.3. The highest BCUT2D eigenvalue weighted by Gasteiger charge is 2.18. The number of halogens is 1. The summed E-state index contributed by atoms with van der Waals surface area (Å²) >= 11 is 6.56. The van der Waals surface area contributed by atoms with Gasteiger partial charge in [0, 0.05) is 37.3 Å². The second kappa shape index (κ2) is 11.0. The number of nitrogens with zero attached hydrogens (tertiary/aromatic N) is 3. The van der Waals surface area contributed by atoms with E-state index in [9.17, 15) is 8.42 Å². The minimum atomic E-state index is -3.61. The van der Waals surface area contributed by atoms with Crippen molar-refractivity contribution in [3.8, 4) is 5.75 Å². The summed E-state index contributed by atoms with van der Waals surface area (Å²) in [6.07, 6.45) is 3.62. The zero-order valence-electron chi connectivity index (χ0n) is 18.5. The summed E-state index contributed by atoms with van der Waals surface area (Å²) in [6, 6.07) is 15.9. The van der Waals surface area contributed by atoms with Gasteiger partial charge in [-0.15, -0.1) is 0 Å². The van der Waals surface area contributed by atoms with Crippen molar-refractivity contribution in [1.82, 2.24) is 19.4 Å². The van der Waals surface area contributed by atoms with Gasteiger partial charge in [0.05, 0.1) is 6.20 Å². The van der Waals surface area contributed by atoms with Gasteiger partial charge in [-0.2, -0.15) is 5.10 Å². The van der Waals surface area contributed by atoms with Crippen LogP contribution in [0.4, 0.5) is 0 Å². The van der Waals surface area contributed by atoms with Crippen molar-refractivity contribution in [2.75, 3.05) is 33.8 Å². The van der Waals surface area contributed by atoms with Crippen LogP contribution in [0, 0.1) is 0 Å². The van der Waals surface area contributed by atoms with Gasteiger partial charge in [0.25, 0.3) is 0 Å². The van der Waals surface area contributed by atoms with Gasteiger partial charge in [-0.05, 0) is 49.8 Å². The molecule has 7 nitrogen and oxygen atoms in total. The van der Waals surface area contributed by atoms with Crippen LogP contribution in [0.2, 0.25) is 5.02 Å². The molecule has 0 fully saturated rings. The Bertz CT molecular complexity index is 1120. The molecule has 0 spiro atoms. The number of aryl methyl sites for hydroxylation is 1. The van der Waals surface area contributed by atoms with E-state index in [2.05, 4.69) is 26.9 Å². The van der Waals surface area contributed by atoms with Crippen molar-refractivity contribution in [2.45, 2.75) is 17.2 Å². The Morgan fingerprint density at radius 2 is 1.94 bits per heavy atom. The van der Waals surface area contributed by atoms with Crippen LogP contribution >= 0.6 is 11.6 Å². The molecule has 0 radical (unpaired) electrons. The molecule has 0 saturated carbocycles. The summed E-state index contributed by atoms with van der Waals surface area (Å²) in [5, 5.41) is 4.59. The Morgan fingerprint density at radius 1 is 1.19 bits per heavy atom. The number of hydrogen-bond acceptors (Lipinski definition) is 5. The van der Waals surface area contributed by atoms with Gasteiger partial charge in [0.1, 0.15) is 17.3 Å². The van der Waals surface area contributed by atoms with E-state index in [1.807, 2.05) is 44.4 Å². The number of aromatic nitrogens is 2. The normalized spacial score (nSPS) is 12.8. The summed E-state index contributed by atoms with van der Waals surface area (Å²) < 4.78 is 34.4. The number of ether oxygens (including phenoxy) is 1. The van der Waals surface area contributed by atoms with Crippen molar-refractivity contribution in [3.05, 3.63) is 77.1 Å². The lowest BCUT2D eigenvalue weighted by molar-refractivity contribution is 0.321. The lowest BCUT2D eigenvalue weighted by Gasteiger charge is -2.23. The van der Waals surface area contributed by atoms with Gasteiger partial charge in [0.15, 0.2) is 0 Å². The number of nitrogens with one attached hydrogen (secondary N) is 1. The maximum Gasteiger partial charge on any atom is 0.243 e.